The first-order chi connectivity index (χ1) is 71.7. The molecule has 0 bridgehead atoms. The van der Waals surface area contributed by atoms with E-state index < -0.39 is 206 Å². The van der Waals surface area contributed by atoms with Crippen LogP contribution in [0.5, 0.6) is 29.3 Å². The second-order valence-electron chi connectivity index (χ2n) is 36.5. The van der Waals surface area contributed by atoms with Crippen molar-refractivity contribution in [3.63, 3.8) is 0 Å². The molecule has 4 heterocycles. The number of nitrogen functional groups attached to an aromatic ring is 1. The number of likely N-dealkylation sites (tertiary alicyclic amines) is 1. The highest BCUT2D eigenvalue weighted by Gasteiger charge is 2.43. The number of nitrogens with two attached hydrogens (primary N) is 2. The summed E-state index contributed by atoms with van der Waals surface area (Å²) in [6.07, 6.45) is 1.22. The van der Waals surface area contributed by atoms with Crippen LogP contribution >= 0.6 is 35.0 Å². The Hall–Kier alpha value is -15.1. The van der Waals surface area contributed by atoms with Crippen LogP contribution in [0.25, 0.3) is 11.2 Å². The lowest BCUT2D eigenvalue weighted by atomic mass is 9.97. The summed E-state index contributed by atoms with van der Waals surface area (Å²) in [6, 6.07) is 19.6. The Kier molecular flexibility index (Phi) is 44.7. The van der Waals surface area contributed by atoms with E-state index in [1.807, 2.05) is 0 Å². The summed E-state index contributed by atoms with van der Waals surface area (Å²) in [4.78, 5) is 234. The lowest BCUT2D eigenvalue weighted by Gasteiger charge is -2.32. The third-order valence-corrected chi connectivity index (χ3v) is 26.5. The van der Waals surface area contributed by atoms with Gasteiger partial charge in [0.25, 0.3) is 11.9 Å². The van der Waals surface area contributed by atoms with Crippen LogP contribution in [-0.2, 0) is 117 Å². The number of nitrogens with one attached hydrogen (secondary N) is 13. The predicted octanol–water partition coefficient (Wildman–Crippen LogP) is 1.94. The lowest BCUT2D eigenvalue weighted by Crippen LogP contribution is -2.62. The van der Waals surface area contributed by atoms with Gasteiger partial charge in [-0.1, -0.05) is 167 Å². The second-order valence-corrected chi connectivity index (χ2v) is 38.4. The lowest BCUT2D eigenvalue weighted by molar-refractivity contribution is -0.143. The molecule has 48 heteroatoms. The molecule has 1 fully saturated rings. The van der Waals surface area contributed by atoms with Gasteiger partial charge in [-0.15, -0.1) is 0 Å². The number of aromatic hydroxyl groups is 3. The van der Waals surface area contributed by atoms with E-state index in [0.29, 0.717) is 22.3 Å². The average Bonchev–Trinajstić information content (AvgIpc) is 1.64. The van der Waals surface area contributed by atoms with Gasteiger partial charge in [0.1, 0.15) is 95.3 Å². The summed E-state index contributed by atoms with van der Waals surface area (Å²) in [5.74, 6) is -15.2. The fourth-order valence-corrected chi connectivity index (χ4v) is 17.9. The number of ether oxygens (including phenoxy) is 3. The predicted molar refractivity (Wildman–Crippen MR) is 551 cm³/mol. The first-order valence-electron chi connectivity index (χ1n) is 48.5. The minimum atomic E-state index is -1.93. The number of aromatic nitrogens is 6. The van der Waals surface area contributed by atoms with E-state index in [-0.39, 0.29) is 176 Å². The van der Waals surface area contributed by atoms with Gasteiger partial charge in [-0.2, -0.15) is 26.7 Å². The number of aromatic amines is 1. The number of aliphatic hydroxyl groups excluding tert-OH is 2. The number of likely N-dealkylation sites (N-methyl/N-ethyl adjacent to an activating group) is 1. The van der Waals surface area contributed by atoms with Crippen molar-refractivity contribution in [3.8, 4) is 29.3 Å². The van der Waals surface area contributed by atoms with Gasteiger partial charge in [0.15, 0.2) is 29.4 Å². The van der Waals surface area contributed by atoms with Crippen molar-refractivity contribution in [1.82, 2.24) is 98.2 Å². The van der Waals surface area contributed by atoms with Crippen LogP contribution in [0.15, 0.2) is 158 Å². The van der Waals surface area contributed by atoms with Gasteiger partial charge in [0.2, 0.25) is 70.9 Å². The van der Waals surface area contributed by atoms with E-state index in [1.165, 1.54) is 96.8 Å². The largest absolute Gasteiger partial charge is 0.508 e. The average molecular weight is 2130 g/mol. The topological polar surface area (TPSA) is 677 Å². The molecule has 0 radical (unpaired) electrons. The quantitative estimate of drug-likeness (QED) is 0.0191. The zero-order valence-corrected chi connectivity index (χ0v) is 85.9. The number of benzene rings is 6. The van der Waals surface area contributed by atoms with Gasteiger partial charge in [-0.3, -0.25) is 76.5 Å². The molecule has 13 amide bonds. The molecule has 0 spiro atoms. The molecule has 0 saturated carbocycles. The van der Waals surface area contributed by atoms with Gasteiger partial charge >= 0.3 is 12.0 Å². The number of fused-ring (bicyclic) bond motifs is 1. The number of ketones is 1. The Morgan fingerprint density at radius 2 is 1.04 bits per heavy atom. The van der Waals surface area contributed by atoms with Crippen molar-refractivity contribution < 1.29 is 117 Å². The third-order valence-electron chi connectivity index (χ3n) is 24.5. The van der Waals surface area contributed by atoms with E-state index >= 15 is 19.2 Å². The monoisotopic (exact) mass is 2130 g/mol. The highest BCUT2D eigenvalue weighted by atomic mass is 35.5. The number of carboxylic acid groups (broad SMARTS) is 1. The zero-order valence-electron chi connectivity index (χ0n) is 83.6. The number of amides is 13. The van der Waals surface area contributed by atoms with Crippen LogP contribution in [0.3, 0.4) is 0 Å². The van der Waals surface area contributed by atoms with Crippen LogP contribution in [0.2, 0.25) is 10.0 Å². The number of Topliss-reactive ketones (excluding diaryl/α,β-unsaturated/α-hetero) is 1. The normalized spacial score (nSPS) is 14.7. The second kappa shape index (κ2) is 57.4. The van der Waals surface area contributed by atoms with Crippen molar-refractivity contribution in [2.24, 2.45) is 23.5 Å². The Labute approximate surface area is 877 Å². The molecule has 45 nitrogen and oxygen atoms in total. The van der Waals surface area contributed by atoms with Crippen LogP contribution in [0.4, 0.5) is 5.82 Å². The van der Waals surface area contributed by atoms with Gasteiger partial charge < -0.3 is 130 Å². The van der Waals surface area contributed by atoms with Gasteiger partial charge in [0, 0.05) is 95.0 Å². The molecule has 1 saturated heterocycles. The maximum atomic E-state index is 15.3. The Balaban J connectivity index is 0.769. The molecule has 1 aliphatic heterocycles. The molecule has 9 aromatic rings. The van der Waals surface area contributed by atoms with Crippen molar-refractivity contribution in [1.29, 1.82) is 0 Å². The number of nitrogens with zero attached hydrogens (tertiary/aromatic N) is 6. The van der Waals surface area contributed by atoms with Crippen LogP contribution in [0, 0.1) is 17.8 Å². The number of phenols is 2. The van der Waals surface area contributed by atoms with E-state index in [0.717, 1.165) is 22.9 Å². The number of H-pyrrole nitrogens is 1. The van der Waals surface area contributed by atoms with Gasteiger partial charge in [-0.25, -0.2) is 4.98 Å². The zero-order chi connectivity index (χ0) is 109. The molecular formula is C102H127Cl2N21O24S. The maximum Gasteiger partial charge on any atom is 0.320 e. The smallest absolute Gasteiger partial charge is 0.320 e. The first-order valence-corrected chi connectivity index (χ1v) is 50.4. The fraction of sp³-hybridized carbons (Fsp3) is 0.422. The molecule has 6 aromatic carbocycles. The number of anilines is 1. The first kappa shape index (κ1) is 117. The number of carbonyl (C=O) groups excluding carboxylic acids is 14. The van der Waals surface area contributed by atoms with E-state index in [1.54, 1.807) is 120 Å². The van der Waals surface area contributed by atoms with E-state index in [2.05, 4.69) is 88.7 Å². The molecule has 0 aliphatic carbocycles. The SMILES string of the molecule is CCC(CSC[C@H](NC(=O)[C@H](Cc1ccc(O)cc1)NC(=O)C1CCCN1C(=O)[C@@H](NC(=O)[C@H](Cc1ccccc1)NC(=O)[C@H](Cc1ccccc1)NC(=O)[C@H](Cc1c[nH]cn1)NC(=O)[C@H](CO)NC(=O)[C@H](CO)NC(=O)[C@H](CC(C)C)NC(=O)[C@H](Cc1ccc(O)cc1)NC(=O)[C@@H](N)CCC(=O)O)C(C)C)C(=O)NC)C(=O)c1ccc(OCC(=O)NCc2ccc(Cn3c(O)nc4c(N)nc(OCCOC)nc43)cc2)c(Cl)c1Cl. The number of phenolic OH excluding ortho intramolecular Hbond substituents is 2. The molecule has 804 valence electrons. The number of methoxy groups -OCH3 is 1. The number of thioether (sulfide) groups is 1. The number of carboxylic acids is 1. The van der Waals surface area contributed by atoms with Crippen molar-refractivity contribution in [2.75, 3.05) is 71.0 Å². The fourth-order valence-electron chi connectivity index (χ4n) is 16.2. The number of aliphatic hydroxyl groups is 2. The minimum absolute atomic E-state index is 0.00142. The standard InChI is InChI=1S/C102H127Cl2N21O24S/c1-8-63(86(133)67-33-35-79(83(104)82(67)103)149-51-80(130)109-46-61-21-23-62(24-22-61)48-125-88-85(121-102(125)146)87(106)122-101(123-88)148-39-38-147-7)52-150-53-77(90(135)107-6)119-94(139)72(44-60-27-31-66(129)32-28-60)116-99(144)78-20-15-37-124(78)100(145)84(56(4)5)120-96(141)73(42-58-18-13-10-14-19-58)114-93(138)71(41-57-16-11-9-12-17-57)113-95(140)74(45-64-47-108-54-110-64)115-97(142)75(49-126)118-98(143)76(50-127)117-91(136)69(40-55(2)3)112-92(137)70(43-59-25-29-65(128)30-26-59)111-89(134)68(105)34-36-81(131)132/h9-14,16-19,21-33,35,47,54-56,63,68-78,84,126-129H,8,15,20,34,36-46,48-53,105H2,1-7H3,(H,107,135)(H,108,110)(H,109,130)(H,111,134)(H,112,137)(H,113,140)(H,114,138)(H,115,142)(H,116,144)(H,117,136)(H,118,143)(H,119,139)(H,120,141)(H,121,146)(H,131,132)(H2,106,122,123)/t63?,68-,69-,70-,71-,72-,73-,74-,75-,76-,77-,78?,84-/m0/s1. The van der Waals surface area contributed by atoms with Crippen molar-refractivity contribution in [2.45, 2.75) is 191 Å². The summed E-state index contributed by atoms with van der Waals surface area (Å²) in [5, 5.41) is 92.7. The summed E-state index contributed by atoms with van der Waals surface area (Å²) in [7, 11) is 2.88. The summed E-state index contributed by atoms with van der Waals surface area (Å²) in [5.41, 5.74) is 16.2. The number of imidazole rings is 2. The van der Waals surface area contributed by atoms with Crippen LogP contribution in [0.1, 0.15) is 123 Å². The molecule has 23 N–H and O–H groups in total. The number of aliphatic carboxylic acids is 1. The molecule has 1 aliphatic rings. The van der Waals surface area contributed by atoms with Gasteiger partial charge in [0.05, 0.1) is 49.5 Å². The Morgan fingerprint density at radius 1 is 0.547 bits per heavy atom. The van der Waals surface area contributed by atoms with Gasteiger partial charge in [-0.05, 0) is 114 Å². The van der Waals surface area contributed by atoms with Crippen LogP contribution < -0.4 is 84.7 Å². The van der Waals surface area contributed by atoms with E-state index in [4.69, 9.17) is 48.9 Å². The molecule has 13 atom stereocenters. The number of carbonyl (C=O) groups is 15. The highest BCUT2D eigenvalue weighted by Crippen LogP contribution is 2.37. The van der Waals surface area contributed by atoms with Crippen LogP contribution in [-0.4, -0.2) is 291 Å². The number of rotatable bonds is 58. The molecule has 2 unspecified atom stereocenters. The molecule has 3 aromatic heterocycles. The van der Waals surface area contributed by atoms with E-state index in [9.17, 15) is 83.4 Å². The Morgan fingerprint density at radius 3 is 1.55 bits per heavy atom. The molecule has 150 heavy (non-hydrogen) atoms. The number of hydrogen-bond acceptors (Lipinski definition) is 30. The summed E-state index contributed by atoms with van der Waals surface area (Å²) < 4.78 is 17.8. The molecule has 10 rings (SSSR count). The van der Waals surface area contributed by atoms with Crippen molar-refractivity contribution in [3.05, 3.63) is 213 Å². The summed E-state index contributed by atoms with van der Waals surface area (Å²) >= 11 is 14.7. The Bertz CT molecular complexity index is 6140. The third kappa shape index (κ3) is 34.5. The molecular weight excluding hydrogens is 2010 g/mol. The number of hydrogen-bond donors (Lipinski definition) is 21. The highest BCUT2D eigenvalue weighted by molar-refractivity contribution is 7.99. The number of halogens is 2. The minimum Gasteiger partial charge on any atom is -0.508 e. The maximum absolute atomic E-state index is 15.3. The van der Waals surface area contributed by atoms with Crippen molar-refractivity contribution >= 4 is 140 Å². The summed E-state index contributed by atoms with van der Waals surface area (Å²) in [6.45, 7) is 6.44.